The van der Waals surface area contributed by atoms with E-state index in [2.05, 4.69) is 0 Å². The molecule has 0 aliphatic heterocycles. The van der Waals surface area contributed by atoms with E-state index < -0.39 is 0 Å². The zero-order valence-electron chi connectivity index (χ0n) is 7.94. The van der Waals surface area contributed by atoms with Crippen molar-refractivity contribution in [3.63, 3.8) is 0 Å². The first kappa shape index (κ1) is 9.33. The molecule has 4 N–H and O–H groups in total. The maximum Gasteiger partial charge on any atom is 0.228 e. The molecule has 0 atom stereocenters. The minimum absolute atomic E-state index is 0.202. The summed E-state index contributed by atoms with van der Waals surface area (Å²) < 4.78 is 5.00. The minimum atomic E-state index is -0.202. The average molecular weight is 202 g/mol. The third-order valence-corrected chi connectivity index (χ3v) is 2.09. The third kappa shape index (κ3) is 1.69. The lowest BCUT2D eigenvalue weighted by Crippen LogP contribution is -2.02. The van der Waals surface area contributed by atoms with Gasteiger partial charge in [-0.2, -0.15) is 0 Å². The van der Waals surface area contributed by atoms with Crippen molar-refractivity contribution in [1.29, 1.82) is 0 Å². The number of furan rings is 1. The standard InChI is InChI=1S/C11H10N2O2/c12-8-4-3-7(6-9(8)13)11(14)10-2-1-5-15-10/h1-6H,12-13H2. The van der Waals surface area contributed by atoms with Crippen LogP contribution in [0.25, 0.3) is 0 Å². The Morgan fingerprint density at radius 2 is 1.93 bits per heavy atom. The number of benzene rings is 1. The first-order chi connectivity index (χ1) is 7.18. The van der Waals surface area contributed by atoms with Gasteiger partial charge >= 0.3 is 0 Å². The predicted octanol–water partition coefficient (Wildman–Crippen LogP) is 1.68. The van der Waals surface area contributed by atoms with Crippen LogP contribution in [0.1, 0.15) is 16.1 Å². The molecular weight excluding hydrogens is 192 g/mol. The molecule has 0 amide bonds. The largest absolute Gasteiger partial charge is 0.461 e. The maximum absolute atomic E-state index is 11.8. The number of hydrogen-bond donors (Lipinski definition) is 2. The molecule has 0 spiro atoms. The van der Waals surface area contributed by atoms with Crippen molar-refractivity contribution in [2.24, 2.45) is 0 Å². The smallest absolute Gasteiger partial charge is 0.228 e. The second kappa shape index (κ2) is 3.49. The second-order valence-corrected chi connectivity index (χ2v) is 3.15. The van der Waals surface area contributed by atoms with Crippen LogP contribution in [0.5, 0.6) is 0 Å². The molecule has 15 heavy (non-hydrogen) atoms. The molecule has 4 heteroatoms. The quantitative estimate of drug-likeness (QED) is 0.573. The fourth-order valence-corrected chi connectivity index (χ4v) is 1.27. The van der Waals surface area contributed by atoms with Crippen molar-refractivity contribution < 1.29 is 9.21 Å². The number of carbonyl (C=O) groups is 1. The van der Waals surface area contributed by atoms with E-state index in [1.165, 1.54) is 6.26 Å². The summed E-state index contributed by atoms with van der Waals surface area (Å²) >= 11 is 0. The highest BCUT2D eigenvalue weighted by molar-refractivity contribution is 6.07. The summed E-state index contributed by atoms with van der Waals surface area (Å²) in [6, 6.07) is 8.03. The van der Waals surface area contributed by atoms with E-state index in [1.54, 1.807) is 30.3 Å². The molecule has 0 bridgehead atoms. The van der Waals surface area contributed by atoms with E-state index in [-0.39, 0.29) is 5.78 Å². The highest BCUT2D eigenvalue weighted by atomic mass is 16.3. The Bertz CT molecular complexity index is 489. The number of nitrogens with two attached hydrogens (primary N) is 2. The van der Waals surface area contributed by atoms with Crippen LogP contribution in [0.15, 0.2) is 41.0 Å². The SMILES string of the molecule is Nc1ccc(C(=O)c2ccco2)cc1N. The van der Waals surface area contributed by atoms with Crippen molar-refractivity contribution in [3.8, 4) is 0 Å². The van der Waals surface area contributed by atoms with Gasteiger partial charge in [0.1, 0.15) is 0 Å². The van der Waals surface area contributed by atoms with Gasteiger partial charge in [-0.3, -0.25) is 4.79 Å². The monoisotopic (exact) mass is 202 g/mol. The Labute approximate surface area is 86.5 Å². The second-order valence-electron chi connectivity index (χ2n) is 3.15. The van der Waals surface area contributed by atoms with Gasteiger partial charge in [0.2, 0.25) is 5.78 Å². The van der Waals surface area contributed by atoms with Gasteiger partial charge in [0, 0.05) is 5.56 Å². The predicted molar refractivity (Wildman–Crippen MR) is 57.4 cm³/mol. The molecule has 0 radical (unpaired) electrons. The van der Waals surface area contributed by atoms with Crippen molar-refractivity contribution in [2.45, 2.75) is 0 Å². The number of ketones is 1. The zero-order valence-corrected chi connectivity index (χ0v) is 7.94. The molecule has 0 aliphatic rings. The molecule has 4 nitrogen and oxygen atoms in total. The van der Waals surface area contributed by atoms with Crippen LogP contribution in [-0.2, 0) is 0 Å². The van der Waals surface area contributed by atoms with Crippen LogP contribution >= 0.6 is 0 Å². The van der Waals surface area contributed by atoms with E-state index in [1.807, 2.05) is 0 Å². The van der Waals surface area contributed by atoms with Crippen molar-refractivity contribution >= 4 is 17.2 Å². The zero-order chi connectivity index (χ0) is 10.8. The van der Waals surface area contributed by atoms with E-state index in [0.717, 1.165) is 0 Å². The van der Waals surface area contributed by atoms with Crippen LogP contribution in [0.4, 0.5) is 11.4 Å². The Hall–Kier alpha value is -2.23. The van der Waals surface area contributed by atoms with Gasteiger partial charge in [-0.1, -0.05) is 0 Å². The summed E-state index contributed by atoms with van der Waals surface area (Å²) in [5, 5.41) is 0. The van der Waals surface area contributed by atoms with Crippen LogP contribution < -0.4 is 11.5 Å². The molecule has 0 saturated heterocycles. The first-order valence-corrected chi connectivity index (χ1v) is 4.41. The van der Waals surface area contributed by atoms with Gasteiger partial charge in [0.15, 0.2) is 5.76 Å². The lowest BCUT2D eigenvalue weighted by Gasteiger charge is -2.02. The first-order valence-electron chi connectivity index (χ1n) is 4.41. The Morgan fingerprint density at radius 1 is 1.13 bits per heavy atom. The minimum Gasteiger partial charge on any atom is -0.461 e. The third-order valence-electron chi connectivity index (χ3n) is 2.09. The van der Waals surface area contributed by atoms with E-state index in [0.29, 0.717) is 22.7 Å². The van der Waals surface area contributed by atoms with Gasteiger partial charge < -0.3 is 15.9 Å². The molecule has 0 saturated carbocycles. The van der Waals surface area contributed by atoms with Gasteiger partial charge in [0.05, 0.1) is 17.6 Å². The van der Waals surface area contributed by atoms with E-state index in [4.69, 9.17) is 15.9 Å². The molecule has 2 rings (SSSR count). The van der Waals surface area contributed by atoms with Crippen LogP contribution in [0, 0.1) is 0 Å². The summed E-state index contributed by atoms with van der Waals surface area (Å²) in [6.07, 6.45) is 1.45. The molecule has 1 heterocycles. The number of rotatable bonds is 2. The summed E-state index contributed by atoms with van der Waals surface area (Å²) in [6.45, 7) is 0. The number of nitrogen functional groups attached to an aromatic ring is 2. The molecule has 0 aliphatic carbocycles. The number of anilines is 2. The van der Waals surface area contributed by atoms with E-state index in [9.17, 15) is 4.79 Å². The summed E-state index contributed by atoms with van der Waals surface area (Å²) in [5.41, 5.74) is 12.5. The fourth-order valence-electron chi connectivity index (χ4n) is 1.27. The molecule has 76 valence electrons. The normalized spacial score (nSPS) is 10.1. The van der Waals surface area contributed by atoms with Gasteiger partial charge in [-0.15, -0.1) is 0 Å². The summed E-state index contributed by atoms with van der Waals surface area (Å²) in [7, 11) is 0. The van der Waals surface area contributed by atoms with Crippen LogP contribution in [0.3, 0.4) is 0 Å². The summed E-state index contributed by atoms with van der Waals surface area (Å²) in [5.74, 6) is 0.0888. The molecule has 1 aromatic heterocycles. The van der Waals surface area contributed by atoms with Gasteiger partial charge in [-0.05, 0) is 30.3 Å². The molecule has 2 aromatic rings. The lowest BCUT2D eigenvalue weighted by molar-refractivity contribution is 0.101. The maximum atomic E-state index is 11.8. The Balaban J connectivity index is 2.39. The molecule has 0 unspecified atom stereocenters. The average Bonchev–Trinajstić information content (AvgIpc) is 2.74. The highest BCUT2D eigenvalue weighted by Gasteiger charge is 2.12. The van der Waals surface area contributed by atoms with Crippen molar-refractivity contribution in [2.75, 3.05) is 11.5 Å². The van der Waals surface area contributed by atoms with Gasteiger partial charge in [0.25, 0.3) is 0 Å². The van der Waals surface area contributed by atoms with Crippen molar-refractivity contribution in [3.05, 3.63) is 47.9 Å². The number of carbonyl (C=O) groups excluding carboxylic acids is 1. The van der Waals surface area contributed by atoms with E-state index >= 15 is 0 Å². The molecule has 0 fully saturated rings. The molecular formula is C11H10N2O2. The Kier molecular flexibility index (Phi) is 2.17. The topological polar surface area (TPSA) is 82.2 Å². The fraction of sp³-hybridized carbons (Fsp3) is 0. The van der Waals surface area contributed by atoms with Crippen molar-refractivity contribution in [1.82, 2.24) is 0 Å². The van der Waals surface area contributed by atoms with Crippen LogP contribution in [-0.4, -0.2) is 5.78 Å². The van der Waals surface area contributed by atoms with Gasteiger partial charge in [-0.25, -0.2) is 0 Å². The summed E-state index contributed by atoms with van der Waals surface area (Å²) in [4.78, 5) is 11.8. The highest BCUT2D eigenvalue weighted by Crippen LogP contribution is 2.18. The number of hydrogen-bond acceptors (Lipinski definition) is 4. The van der Waals surface area contributed by atoms with Crippen LogP contribution in [0.2, 0.25) is 0 Å². The lowest BCUT2D eigenvalue weighted by atomic mass is 10.1. The Morgan fingerprint density at radius 3 is 2.53 bits per heavy atom. The molecule has 1 aromatic carbocycles.